The van der Waals surface area contributed by atoms with Crippen molar-refractivity contribution < 1.29 is 5.11 Å². The summed E-state index contributed by atoms with van der Waals surface area (Å²) in [5.41, 5.74) is 1.01. The van der Waals surface area contributed by atoms with Crippen molar-refractivity contribution in [3.63, 3.8) is 0 Å². The van der Waals surface area contributed by atoms with Crippen molar-refractivity contribution in [2.75, 3.05) is 0 Å². The molecule has 0 fully saturated rings. The van der Waals surface area contributed by atoms with Gasteiger partial charge in [0.25, 0.3) is 0 Å². The molecule has 0 aromatic carbocycles. The molecule has 10 heavy (non-hydrogen) atoms. The Bertz CT molecular complexity index is 203. The lowest BCUT2D eigenvalue weighted by molar-refractivity contribution is 0.472. The Morgan fingerprint density at radius 1 is 1.40 bits per heavy atom. The molecule has 1 N–H and O–H groups in total. The van der Waals surface area contributed by atoms with Gasteiger partial charge in [-0.3, -0.25) is 4.98 Å². The van der Waals surface area contributed by atoms with Gasteiger partial charge < -0.3 is 5.11 Å². The number of rotatable bonds is 1. The Balaban J connectivity index is 2.89. The third-order valence-corrected chi connectivity index (χ3v) is 1.36. The van der Waals surface area contributed by atoms with Crippen LogP contribution in [0.5, 0.6) is 5.75 Å². The fourth-order valence-electron chi connectivity index (χ4n) is 0.739. The fourth-order valence-corrected chi connectivity index (χ4v) is 0.739. The van der Waals surface area contributed by atoms with Gasteiger partial charge in [-0.2, -0.15) is 0 Å². The summed E-state index contributed by atoms with van der Waals surface area (Å²) in [7, 11) is 0. The van der Waals surface area contributed by atoms with E-state index in [0.717, 1.165) is 5.69 Å². The van der Waals surface area contributed by atoms with E-state index in [2.05, 4.69) is 18.8 Å². The zero-order chi connectivity index (χ0) is 7.56. The minimum Gasteiger partial charge on any atom is -0.506 e. The molecule has 1 rings (SSSR count). The largest absolute Gasteiger partial charge is 0.506 e. The quantitative estimate of drug-likeness (QED) is 0.641. The maximum Gasteiger partial charge on any atom is 0.133 e. The normalized spacial score (nSPS) is 10.3. The third-order valence-electron chi connectivity index (χ3n) is 1.36. The summed E-state index contributed by atoms with van der Waals surface area (Å²) in [6.45, 7) is 4.14. The van der Waals surface area contributed by atoms with Gasteiger partial charge in [-0.05, 0) is 18.1 Å². The lowest BCUT2D eigenvalue weighted by Crippen LogP contribution is -1.89. The van der Waals surface area contributed by atoms with Crippen LogP contribution >= 0.6 is 0 Å². The minimum absolute atomic E-state index is 0.226. The molecule has 0 saturated carbocycles. The van der Waals surface area contributed by atoms with E-state index in [4.69, 9.17) is 5.11 Å². The maximum atomic E-state index is 8.88. The molecule has 1 aromatic heterocycles. The molecule has 0 amide bonds. The lowest BCUT2D eigenvalue weighted by atomic mass is 10.1. The van der Waals surface area contributed by atoms with Crippen molar-refractivity contribution >= 4 is 0 Å². The number of aromatic nitrogens is 1. The highest BCUT2D eigenvalue weighted by molar-refractivity contribution is 5.19. The average Bonchev–Trinajstić information content (AvgIpc) is 1.88. The van der Waals surface area contributed by atoms with E-state index < -0.39 is 0 Å². The predicted octanol–water partition coefficient (Wildman–Crippen LogP) is 1.91. The minimum atomic E-state index is 0.226. The highest BCUT2D eigenvalue weighted by Crippen LogP contribution is 2.13. The fraction of sp³-hybridized carbons (Fsp3) is 0.375. The Kier molecular flexibility index (Phi) is 1.90. The molecule has 2 nitrogen and oxygen atoms in total. The molecule has 0 unspecified atom stereocenters. The molecule has 0 spiro atoms. The molecule has 1 heterocycles. The van der Waals surface area contributed by atoms with Crippen LogP contribution < -0.4 is 0 Å². The number of hydrogen-bond acceptors (Lipinski definition) is 2. The van der Waals surface area contributed by atoms with Crippen molar-refractivity contribution in [2.45, 2.75) is 19.8 Å². The molecule has 0 radical (unpaired) electrons. The zero-order valence-electron chi connectivity index (χ0n) is 6.20. The van der Waals surface area contributed by atoms with Crippen LogP contribution in [0.15, 0.2) is 18.3 Å². The standard InChI is InChI=1S/C8H11NO/c1-6(2)8-4-3-7(10)5-9-8/h3-6,10H,1-2H3. The summed E-state index contributed by atoms with van der Waals surface area (Å²) < 4.78 is 0. The van der Waals surface area contributed by atoms with Crippen molar-refractivity contribution in [2.24, 2.45) is 0 Å². The smallest absolute Gasteiger partial charge is 0.133 e. The first-order chi connectivity index (χ1) is 4.70. The Hall–Kier alpha value is -1.05. The van der Waals surface area contributed by atoms with Crippen LogP contribution in [0, 0.1) is 0 Å². The van der Waals surface area contributed by atoms with Crippen LogP contribution in [0.25, 0.3) is 0 Å². The van der Waals surface area contributed by atoms with Crippen LogP contribution in [0.3, 0.4) is 0 Å². The molecule has 0 atom stereocenters. The molecule has 54 valence electrons. The molecule has 2 heteroatoms. The van der Waals surface area contributed by atoms with E-state index in [9.17, 15) is 0 Å². The van der Waals surface area contributed by atoms with E-state index in [1.54, 1.807) is 6.07 Å². The van der Waals surface area contributed by atoms with Crippen LogP contribution in [0.2, 0.25) is 0 Å². The summed E-state index contributed by atoms with van der Waals surface area (Å²) in [6.07, 6.45) is 1.47. The van der Waals surface area contributed by atoms with Crippen molar-refractivity contribution in [3.8, 4) is 5.75 Å². The van der Waals surface area contributed by atoms with E-state index in [1.165, 1.54) is 6.20 Å². The van der Waals surface area contributed by atoms with Gasteiger partial charge >= 0.3 is 0 Å². The molecular weight excluding hydrogens is 126 g/mol. The van der Waals surface area contributed by atoms with Gasteiger partial charge in [-0.25, -0.2) is 0 Å². The second-order valence-electron chi connectivity index (χ2n) is 2.60. The second kappa shape index (κ2) is 2.69. The molecule has 0 aliphatic heterocycles. The topological polar surface area (TPSA) is 33.1 Å². The Morgan fingerprint density at radius 2 is 2.10 bits per heavy atom. The van der Waals surface area contributed by atoms with Gasteiger partial charge in [0.15, 0.2) is 0 Å². The Labute approximate surface area is 60.5 Å². The summed E-state index contributed by atoms with van der Waals surface area (Å²) >= 11 is 0. The zero-order valence-corrected chi connectivity index (χ0v) is 6.20. The van der Waals surface area contributed by atoms with E-state index in [-0.39, 0.29) is 5.75 Å². The van der Waals surface area contributed by atoms with Gasteiger partial charge in [-0.15, -0.1) is 0 Å². The average molecular weight is 137 g/mol. The van der Waals surface area contributed by atoms with Gasteiger partial charge in [0, 0.05) is 5.69 Å². The highest BCUT2D eigenvalue weighted by Gasteiger charge is 1.98. The van der Waals surface area contributed by atoms with Crippen LogP contribution in [0.4, 0.5) is 0 Å². The summed E-state index contributed by atoms with van der Waals surface area (Å²) in [5.74, 6) is 0.657. The lowest BCUT2D eigenvalue weighted by Gasteiger charge is -2.01. The summed E-state index contributed by atoms with van der Waals surface area (Å²) in [4.78, 5) is 4.03. The first-order valence-electron chi connectivity index (χ1n) is 3.35. The summed E-state index contributed by atoms with van der Waals surface area (Å²) in [5, 5.41) is 8.88. The van der Waals surface area contributed by atoms with E-state index in [0.29, 0.717) is 5.92 Å². The highest BCUT2D eigenvalue weighted by atomic mass is 16.3. The third kappa shape index (κ3) is 1.47. The maximum absolute atomic E-state index is 8.88. The van der Waals surface area contributed by atoms with Crippen molar-refractivity contribution in [1.82, 2.24) is 4.98 Å². The van der Waals surface area contributed by atoms with Gasteiger partial charge in [0.05, 0.1) is 6.20 Å². The molecule has 1 aromatic rings. The van der Waals surface area contributed by atoms with Gasteiger partial charge in [-0.1, -0.05) is 13.8 Å². The van der Waals surface area contributed by atoms with Crippen LogP contribution in [-0.2, 0) is 0 Å². The molecule has 0 aliphatic rings. The number of nitrogens with zero attached hydrogens (tertiary/aromatic N) is 1. The predicted molar refractivity (Wildman–Crippen MR) is 40.0 cm³/mol. The molecule has 0 saturated heterocycles. The second-order valence-corrected chi connectivity index (χ2v) is 2.60. The van der Waals surface area contributed by atoms with Crippen molar-refractivity contribution in [1.29, 1.82) is 0 Å². The molecule has 0 bridgehead atoms. The van der Waals surface area contributed by atoms with Crippen LogP contribution in [-0.4, -0.2) is 10.1 Å². The first-order valence-corrected chi connectivity index (χ1v) is 3.35. The van der Waals surface area contributed by atoms with Crippen molar-refractivity contribution in [3.05, 3.63) is 24.0 Å². The van der Waals surface area contributed by atoms with E-state index in [1.807, 2.05) is 6.07 Å². The molecule has 0 aliphatic carbocycles. The SMILES string of the molecule is CC(C)c1ccc(O)cn1. The van der Waals surface area contributed by atoms with Gasteiger partial charge in [0.1, 0.15) is 5.75 Å². The first kappa shape index (κ1) is 7.06. The Morgan fingerprint density at radius 3 is 2.50 bits per heavy atom. The van der Waals surface area contributed by atoms with Gasteiger partial charge in [0.2, 0.25) is 0 Å². The van der Waals surface area contributed by atoms with Crippen LogP contribution in [0.1, 0.15) is 25.5 Å². The molecular formula is C8H11NO. The number of pyridine rings is 1. The summed E-state index contributed by atoms with van der Waals surface area (Å²) in [6, 6.07) is 3.49. The number of aromatic hydroxyl groups is 1. The van der Waals surface area contributed by atoms with E-state index >= 15 is 0 Å². The number of hydrogen-bond donors (Lipinski definition) is 1. The monoisotopic (exact) mass is 137 g/mol.